The monoisotopic (exact) mass is 2080 g/mol. The Kier molecular flexibility index (Phi) is 27.7. The topological polar surface area (TPSA) is 359 Å². The molecule has 5 aliphatic carbocycles. The summed E-state index contributed by atoms with van der Waals surface area (Å²) in [6, 6.07) is 44.1. The SMILES string of the molecule is Cc1ccc(C(=O)N2CC3CC(Oc4ccc(Br)cn4)C2C3)c(-n2nccn2)n1.Cc1ccc(OC2CC3CC2N(C(=O)c2cccc(F)c2-c2ncccn2)C3)nc1.O=C(c1cccc(F)c1-c1ncccn1)N1CC2CC(Oc3ccc(F)cn3)C1C2.[2H]C1(Oc2ccc(C)cn2)CC2CC1N(C(=O)c1cccc(F)c1-c1ncccn1)C2.[2H]C1([2H])C2CC(Oc3ccc(C)cn3)C(C2)N1C(=O)c1cccc(F)c1-c1ncccn1. The molecule has 5 saturated heterocycles. The predicted octanol–water partition coefficient (Wildman–Crippen LogP) is 17.3. The van der Waals surface area contributed by atoms with Crippen molar-refractivity contribution in [3.05, 3.63) is 347 Å². The van der Waals surface area contributed by atoms with Gasteiger partial charge in [0.05, 0.1) is 100 Å². The smallest absolute Gasteiger partial charge is 0.258 e. The second-order valence-electron chi connectivity index (χ2n) is 38.3. The molecular formula is C111H100BrF5N22O10. The number of ether oxygens (including phenoxy) is 5. The molecular weight excluding hydrogens is 1980 g/mol. The summed E-state index contributed by atoms with van der Waals surface area (Å²) in [6.07, 6.45) is 28.5. The maximum atomic E-state index is 14.8. The van der Waals surface area contributed by atoms with Gasteiger partial charge in [-0.25, -0.2) is 91.7 Å². The fourth-order valence-electron chi connectivity index (χ4n) is 21.6. The zero-order chi connectivity index (χ0) is 105. The van der Waals surface area contributed by atoms with Crippen molar-refractivity contribution >= 4 is 45.5 Å². The molecule has 11 aromatic heterocycles. The van der Waals surface area contributed by atoms with Crippen LogP contribution in [0, 0.1) is 86.4 Å². The standard InChI is InChI=1S/3C23H21FN4O2.C22H18F2N4O2.C20H19BrN6O2/c3*1-14-6-7-20(27-12-14)30-19-11-15-10-18(19)28(13-15)23(29)16-4-2-5-17(24)21(16)22-25-8-3-9-26-22;23-14-5-6-19(27-11-14)30-18-10-13-9-17(18)28(12-13)22(29)15-3-1-4-16(24)20(15)21-25-7-2-8-26-21;1-12-2-4-15(19(25-12)27-23-6-7-24-27)20(28)26-11-13-8-16(26)17(9-13)29-18-5-3-14(21)10-22-18/h3*2-9,12,15,18-19H,10-11,13H2,1H3;1-8,11,13,17-18H,9-10,12H2;2-7,10,13,16-17H,8-9,11H2,1H3/i19D;13D2;;;. The van der Waals surface area contributed by atoms with Crippen LogP contribution in [-0.2, 0) is 0 Å². The van der Waals surface area contributed by atoms with E-state index in [4.69, 9.17) is 27.8 Å². The lowest BCUT2D eigenvalue weighted by atomic mass is 10.0. The quantitative estimate of drug-likeness (QED) is 0.0640. The van der Waals surface area contributed by atoms with Crippen LogP contribution in [0.4, 0.5) is 22.0 Å². The fraction of sp³-hybridized carbons (Fsp3) is 0.306. The number of amides is 5. The second-order valence-corrected chi connectivity index (χ2v) is 39.2. The molecule has 5 aliphatic heterocycles. The number of hydrogen-bond donors (Lipinski definition) is 0. The molecule has 149 heavy (non-hydrogen) atoms. The Morgan fingerprint density at radius 1 is 0.315 bits per heavy atom. The van der Waals surface area contributed by atoms with E-state index in [0.717, 1.165) is 78.1 Å². The zero-order valence-corrected chi connectivity index (χ0v) is 82.6. The molecule has 10 bridgehead atoms. The number of hydrogen-bond acceptors (Lipinski definition) is 26. The highest BCUT2D eigenvalue weighted by molar-refractivity contribution is 9.10. The number of pyridine rings is 6. The average molecular weight is 2080 g/mol. The summed E-state index contributed by atoms with van der Waals surface area (Å²) in [4.78, 5) is 136. The molecule has 10 aliphatic rings. The first kappa shape index (κ1) is 95.0. The van der Waals surface area contributed by atoms with Crippen molar-refractivity contribution in [2.45, 2.75) is 153 Å². The Morgan fingerprint density at radius 3 is 0.973 bits per heavy atom. The number of carbonyl (C=O) groups is 5. The lowest BCUT2D eigenvalue weighted by Gasteiger charge is -2.33. The molecule has 5 saturated carbocycles. The highest BCUT2D eigenvalue weighted by Gasteiger charge is 2.55. The second kappa shape index (κ2) is 43.4. The van der Waals surface area contributed by atoms with E-state index >= 15 is 0 Å². The van der Waals surface area contributed by atoms with Crippen LogP contribution < -0.4 is 23.7 Å². The third kappa shape index (κ3) is 21.4. The van der Waals surface area contributed by atoms with E-state index in [2.05, 4.69) is 95.9 Å². The lowest BCUT2D eigenvalue weighted by Crippen LogP contribution is -2.47. The van der Waals surface area contributed by atoms with Crippen LogP contribution in [-0.4, -0.2) is 232 Å². The maximum Gasteiger partial charge on any atom is 0.258 e. The van der Waals surface area contributed by atoms with Gasteiger partial charge in [-0.3, -0.25) is 24.0 Å². The van der Waals surface area contributed by atoms with Crippen molar-refractivity contribution in [2.75, 3.05) is 32.7 Å². The van der Waals surface area contributed by atoms with Crippen molar-refractivity contribution in [3.8, 4) is 80.8 Å². The Bertz CT molecular complexity index is 7370. The summed E-state index contributed by atoms with van der Waals surface area (Å²) in [5.74, 6) is 0.0642. The Hall–Kier alpha value is -16.3. The Labute approximate surface area is 865 Å². The van der Waals surface area contributed by atoms with Gasteiger partial charge in [0.15, 0.2) is 29.1 Å². The minimum absolute atomic E-state index is 0.0256. The van der Waals surface area contributed by atoms with E-state index in [1.54, 1.807) is 120 Å². The number of fused-ring (bicyclic) bond motifs is 10. The van der Waals surface area contributed by atoms with Crippen molar-refractivity contribution in [3.63, 3.8) is 0 Å². The molecule has 15 unspecified atom stereocenters. The molecule has 10 fully saturated rings. The summed E-state index contributed by atoms with van der Waals surface area (Å²) in [5, 5.41) is 8.32. The molecule has 16 heterocycles. The van der Waals surface area contributed by atoms with Gasteiger partial charge >= 0.3 is 0 Å². The minimum atomic E-state index is -1.87. The number of aryl methyl sites for hydroxylation is 4. The van der Waals surface area contributed by atoms with Crippen molar-refractivity contribution in [1.82, 2.24) is 109 Å². The molecule has 25 rings (SSSR count). The summed E-state index contributed by atoms with van der Waals surface area (Å²) in [7, 11) is 0. The number of rotatable bonds is 20. The summed E-state index contributed by atoms with van der Waals surface area (Å²) >= 11 is 3.38. The van der Waals surface area contributed by atoms with E-state index in [9.17, 15) is 45.9 Å². The number of carbonyl (C=O) groups excluding carboxylic acids is 5. The van der Waals surface area contributed by atoms with Gasteiger partial charge < -0.3 is 48.2 Å². The number of halogens is 6. The predicted molar refractivity (Wildman–Crippen MR) is 536 cm³/mol. The normalized spacial score (nSPS) is 23.6. The molecule has 0 radical (unpaired) electrons. The first-order valence-electron chi connectivity index (χ1n) is 50.6. The van der Waals surface area contributed by atoms with Gasteiger partial charge in [0.25, 0.3) is 29.5 Å². The average Bonchev–Trinajstić information content (AvgIpc) is 1.56. The van der Waals surface area contributed by atoms with Crippen molar-refractivity contribution in [2.24, 2.45) is 29.6 Å². The number of likely N-dealkylation sites (tertiary alicyclic amines) is 5. The van der Waals surface area contributed by atoms with Gasteiger partial charge in [0.1, 0.15) is 59.6 Å². The number of nitrogens with zero attached hydrogens (tertiary/aromatic N) is 22. The van der Waals surface area contributed by atoms with Gasteiger partial charge in [0, 0.05) is 150 Å². The highest BCUT2D eigenvalue weighted by Crippen LogP contribution is 2.48. The largest absolute Gasteiger partial charge is 0.472 e. The van der Waals surface area contributed by atoms with Crippen LogP contribution in [0.3, 0.4) is 0 Å². The van der Waals surface area contributed by atoms with Gasteiger partial charge in [-0.2, -0.15) is 10.2 Å². The van der Waals surface area contributed by atoms with E-state index in [1.165, 1.54) is 108 Å². The maximum absolute atomic E-state index is 14.8. The molecule has 15 atom stereocenters. The van der Waals surface area contributed by atoms with Crippen LogP contribution in [0.2, 0.25) is 0 Å². The molecule has 756 valence electrons. The van der Waals surface area contributed by atoms with Gasteiger partial charge in [-0.05, 0) is 251 Å². The van der Waals surface area contributed by atoms with E-state index in [1.807, 2.05) is 86.0 Å². The van der Waals surface area contributed by atoms with E-state index in [-0.39, 0.29) is 140 Å². The minimum Gasteiger partial charge on any atom is -0.472 e. The first-order chi connectivity index (χ1) is 73.6. The number of piperidine rings is 5. The Morgan fingerprint density at radius 2 is 0.631 bits per heavy atom. The third-order valence-electron chi connectivity index (χ3n) is 28.3. The van der Waals surface area contributed by atoms with Crippen LogP contribution in [0.5, 0.6) is 29.4 Å². The third-order valence-corrected chi connectivity index (χ3v) is 28.7. The zero-order valence-electron chi connectivity index (χ0n) is 84.0. The summed E-state index contributed by atoms with van der Waals surface area (Å²) in [6.45, 7) is 8.33. The molecule has 5 amide bonds. The molecule has 32 nitrogen and oxygen atoms in total. The fourth-order valence-corrected chi connectivity index (χ4v) is 21.9. The molecule has 0 spiro atoms. The van der Waals surface area contributed by atoms with Crippen LogP contribution in [0.15, 0.2) is 267 Å². The first-order valence-corrected chi connectivity index (χ1v) is 49.9. The van der Waals surface area contributed by atoms with Crippen LogP contribution >= 0.6 is 15.9 Å². The summed E-state index contributed by atoms with van der Waals surface area (Å²) < 4.78 is 129. The van der Waals surface area contributed by atoms with Gasteiger partial charge in [0.2, 0.25) is 29.4 Å². The molecule has 15 aromatic rings. The van der Waals surface area contributed by atoms with Crippen molar-refractivity contribution in [1.29, 1.82) is 0 Å². The Balaban J connectivity index is 0.000000111. The molecule has 0 N–H and O–H groups in total. The van der Waals surface area contributed by atoms with Gasteiger partial charge in [-0.15, -0.1) is 4.80 Å². The highest BCUT2D eigenvalue weighted by atomic mass is 79.9. The number of aromatic nitrogens is 17. The van der Waals surface area contributed by atoms with E-state index in [0.29, 0.717) is 104 Å². The number of benzene rings is 4. The van der Waals surface area contributed by atoms with Crippen LogP contribution in [0.25, 0.3) is 51.4 Å². The lowest BCUT2D eigenvalue weighted by molar-refractivity contribution is 0.0463. The summed E-state index contributed by atoms with van der Waals surface area (Å²) in [5.41, 5.74) is 5.38. The van der Waals surface area contributed by atoms with Crippen LogP contribution in [0.1, 0.15) is 142 Å². The van der Waals surface area contributed by atoms with Crippen molar-refractivity contribution < 1.29 is 73.7 Å². The van der Waals surface area contributed by atoms with E-state index < -0.39 is 65.8 Å². The molecule has 4 aromatic carbocycles. The molecule has 38 heteroatoms. The van der Waals surface area contributed by atoms with Gasteiger partial charge in [-0.1, -0.05) is 42.5 Å².